The van der Waals surface area contributed by atoms with Crippen molar-refractivity contribution in [2.45, 2.75) is 6.92 Å². The van der Waals surface area contributed by atoms with E-state index in [-0.39, 0.29) is 11.7 Å². The van der Waals surface area contributed by atoms with E-state index in [4.69, 9.17) is 11.6 Å². The third-order valence-electron chi connectivity index (χ3n) is 3.31. The summed E-state index contributed by atoms with van der Waals surface area (Å²) in [6.45, 7) is 1.91. The Hall–Kier alpha value is -1.76. The van der Waals surface area contributed by atoms with Crippen LogP contribution < -0.4 is 5.32 Å². The van der Waals surface area contributed by atoms with Crippen LogP contribution in [0.5, 0.6) is 5.75 Å². The van der Waals surface area contributed by atoms with Gasteiger partial charge in [-0.1, -0.05) is 33.6 Å². The fourth-order valence-electron chi connectivity index (χ4n) is 2.03. The summed E-state index contributed by atoms with van der Waals surface area (Å²) in [5.74, 6) is -0.147. The summed E-state index contributed by atoms with van der Waals surface area (Å²) in [5, 5.41) is 13.7. The fraction of sp³-hybridized carbons (Fsp3) is 0.0588. The van der Waals surface area contributed by atoms with Gasteiger partial charge in [0.1, 0.15) is 5.75 Å². The maximum Gasteiger partial charge on any atom is 0.264 e. The molecular formula is C17H12BrClN2O2S. The number of hydrogen-bond donors (Lipinski definition) is 2. The molecule has 1 amide bonds. The minimum Gasteiger partial charge on any atom is -0.507 e. The number of nitrogens with one attached hydrogen (secondary N) is 1. The first kappa shape index (κ1) is 17.1. The highest BCUT2D eigenvalue weighted by Gasteiger charge is 2.24. The van der Waals surface area contributed by atoms with Crippen LogP contribution in [0.1, 0.15) is 11.1 Å². The smallest absolute Gasteiger partial charge is 0.264 e. The molecule has 24 heavy (non-hydrogen) atoms. The van der Waals surface area contributed by atoms with Crippen LogP contribution in [0.4, 0.5) is 5.69 Å². The van der Waals surface area contributed by atoms with Gasteiger partial charge in [0.25, 0.3) is 5.91 Å². The molecule has 1 saturated heterocycles. The molecule has 0 aromatic heterocycles. The van der Waals surface area contributed by atoms with E-state index in [1.54, 1.807) is 30.3 Å². The van der Waals surface area contributed by atoms with Crippen molar-refractivity contribution in [3.8, 4) is 5.75 Å². The van der Waals surface area contributed by atoms with Gasteiger partial charge in [0.15, 0.2) is 5.17 Å². The van der Waals surface area contributed by atoms with Crippen molar-refractivity contribution in [1.29, 1.82) is 0 Å². The van der Waals surface area contributed by atoms with Crippen molar-refractivity contribution < 1.29 is 9.90 Å². The third-order valence-corrected chi connectivity index (χ3v) is 5.12. The summed E-state index contributed by atoms with van der Waals surface area (Å²) in [5.41, 5.74) is 2.19. The van der Waals surface area contributed by atoms with E-state index in [1.165, 1.54) is 11.8 Å². The highest BCUT2D eigenvalue weighted by Crippen LogP contribution is 2.32. The topological polar surface area (TPSA) is 61.7 Å². The molecule has 1 fully saturated rings. The molecule has 1 aliphatic rings. The first-order valence-electron chi connectivity index (χ1n) is 6.96. The lowest BCUT2D eigenvalue weighted by molar-refractivity contribution is -0.115. The Morgan fingerprint density at radius 1 is 1.29 bits per heavy atom. The number of halogens is 2. The lowest BCUT2D eigenvalue weighted by atomic mass is 10.2. The molecule has 0 unspecified atom stereocenters. The Labute approximate surface area is 156 Å². The van der Waals surface area contributed by atoms with Gasteiger partial charge in [-0.15, -0.1) is 0 Å². The first-order valence-corrected chi connectivity index (χ1v) is 8.95. The van der Waals surface area contributed by atoms with E-state index >= 15 is 0 Å². The molecule has 4 nitrogen and oxygen atoms in total. The molecule has 0 saturated carbocycles. The van der Waals surface area contributed by atoms with Gasteiger partial charge in [-0.2, -0.15) is 0 Å². The number of aliphatic imine (C=N–C) groups is 1. The number of phenolic OH excluding ortho intramolecular Hbond substituents is 1. The number of aryl methyl sites for hydroxylation is 1. The van der Waals surface area contributed by atoms with E-state index in [0.717, 1.165) is 10.0 Å². The minimum absolute atomic E-state index is 0.106. The van der Waals surface area contributed by atoms with E-state index in [2.05, 4.69) is 26.2 Å². The largest absolute Gasteiger partial charge is 0.507 e. The highest BCUT2D eigenvalue weighted by molar-refractivity contribution is 9.10. The fourth-order valence-corrected chi connectivity index (χ4v) is 3.42. The van der Waals surface area contributed by atoms with Gasteiger partial charge >= 0.3 is 0 Å². The number of thioether (sulfide) groups is 1. The second-order valence-electron chi connectivity index (χ2n) is 5.12. The molecule has 0 bridgehead atoms. The summed E-state index contributed by atoms with van der Waals surface area (Å²) in [6, 6.07) is 10.5. The molecule has 0 radical (unpaired) electrons. The Bertz CT molecular complexity index is 896. The van der Waals surface area contributed by atoms with Crippen molar-refractivity contribution >= 4 is 62.1 Å². The molecular weight excluding hydrogens is 412 g/mol. The van der Waals surface area contributed by atoms with Crippen molar-refractivity contribution in [2.75, 3.05) is 0 Å². The molecule has 2 aromatic carbocycles. The summed E-state index contributed by atoms with van der Waals surface area (Å²) >= 11 is 10.6. The number of rotatable bonds is 2. The number of benzene rings is 2. The molecule has 7 heteroatoms. The van der Waals surface area contributed by atoms with Crippen molar-refractivity contribution in [1.82, 2.24) is 5.32 Å². The zero-order chi connectivity index (χ0) is 17.3. The normalized spacial score (nSPS) is 17.5. The second kappa shape index (κ2) is 7.01. The lowest BCUT2D eigenvalue weighted by Gasteiger charge is -2.00. The summed E-state index contributed by atoms with van der Waals surface area (Å²) in [4.78, 5) is 16.9. The van der Waals surface area contributed by atoms with Crippen molar-refractivity contribution in [3.05, 3.63) is 61.9 Å². The van der Waals surface area contributed by atoms with Gasteiger partial charge in [0.05, 0.1) is 10.6 Å². The standard InChI is InChI=1S/C17H12BrClN2O2S/c1-9-2-4-12(8-13(9)19)20-17-21-16(23)15(24-17)7-10-6-11(18)3-5-14(10)22/h2-8,22H,1H3,(H,20,21,23)/b15-7-. The van der Waals surface area contributed by atoms with Crippen LogP contribution in [-0.2, 0) is 4.79 Å². The zero-order valence-electron chi connectivity index (χ0n) is 12.5. The van der Waals surface area contributed by atoms with E-state index in [0.29, 0.717) is 26.3 Å². The Balaban J connectivity index is 1.87. The molecule has 3 rings (SSSR count). The number of aromatic hydroxyl groups is 1. The average Bonchev–Trinajstić information content (AvgIpc) is 2.86. The molecule has 122 valence electrons. The van der Waals surface area contributed by atoms with Crippen LogP contribution in [0, 0.1) is 6.92 Å². The summed E-state index contributed by atoms with van der Waals surface area (Å²) in [7, 11) is 0. The van der Waals surface area contributed by atoms with Gasteiger partial charge in [0, 0.05) is 15.1 Å². The number of carbonyl (C=O) groups is 1. The van der Waals surface area contributed by atoms with Crippen LogP contribution in [-0.4, -0.2) is 16.2 Å². The molecule has 1 aliphatic heterocycles. The molecule has 1 heterocycles. The Morgan fingerprint density at radius 2 is 2.08 bits per heavy atom. The molecule has 0 spiro atoms. The van der Waals surface area contributed by atoms with Crippen LogP contribution >= 0.6 is 39.3 Å². The first-order chi connectivity index (χ1) is 11.4. The van der Waals surface area contributed by atoms with Gasteiger partial charge in [-0.05, 0) is 60.7 Å². The maximum atomic E-state index is 12.1. The van der Waals surface area contributed by atoms with Crippen LogP contribution in [0.3, 0.4) is 0 Å². The van der Waals surface area contributed by atoms with Crippen molar-refractivity contribution in [2.24, 2.45) is 4.99 Å². The number of hydrogen-bond acceptors (Lipinski definition) is 4. The molecule has 0 aliphatic carbocycles. The molecule has 2 aromatic rings. The van der Waals surface area contributed by atoms with Gasteiger partial charge < -0.3 is 10.4 Å². The van der Waals surface area contributed by atoms with Crippen LogP contribution in [0.2, 0.25) is 5.02 Å². The van der Waals surface area contributed by atoms with Crippen LogP contribution in [0.15, 0.2) is 50.8 Å². The average molecular weight is 424 g/mol. The Kier molecular flexibility index (Phi) is 4.99. The Morgan fingerprint density at radius 3 is 2.83 bits per heavy atom. The predicted octanol–water partition coefficient (Wildman–Crippen LogP) is 5.01. The quantitative estimate of drug-likeness (QED) is 0.668. The van der Waals surface area contributed by atoms with E-state index in [9.17, 15) is 9.90 Å². The minimum atomic E-state index is -0.253. The van der Waals surface area contributed by atoms with Gasteiger partial charge in [-0.25, -0.2) is 4.99 Å². The highest BCUT2D eigenvalue weighted by atomic mass is 79.9. The predicted molar refractivity (Wildman–Crippen MR) is 103 cm³/mol. The number of carbonyl (C=O) groups excluding carboxylic acids is 1. The number of amidine groups is 1. The molecule has 0 atom stereocenters. The summed E-state index contributed by atoms with van der Waals surface area (Å²) < 4.78 is 0.818. The number of amides is 1. The summed E-state index contributed by atoms with van der Waals surface area (Å²) in [6.07, 6.45) is 1.63. The second-order valence-corrected chi connectivity index (χ2v) is 7.47. The van der Waals surface area contributed by atoms with E-state index < -0.39 is 0 Å². The third kappa shape index (κ3) is 3.83. The maximum absolute atomic E-state index is 12.1. The SMILES string of the molecule is Cc1ccc(N=C2NC(=O)/C(=C/c3cc(Br)ccc3O)S2)cc1Cl. The van der Waals surface area contributed by atoms with Crippen molar-refractivity contribution in [3.63, 3.8) is 0 Å². The lowest BCUT2D eigenvalue weighted by Crippen LogP contribution is -2.19. The van der Waals surface area contributed by atoms with Crippen LogP contribution in [0.25, 0.3) is 6.08 Å². The van der Waals surface area contributed by atoms with Gasteiger partial charge in [0.2, 0.25) is 0 Å². The van der Waals surface area contributed by atoms with Gasteiger partial charge in [-0.3, -0.25) is 4.79 Å². The monoisotopic (exact) mass is 422 g/mol. The van der Waals surface area contributed by atoms with E-state index in [1.807, 2.05) is 19.1 Å². The zero-order valence-corrected chi connectivity index (χ0v) is 15.7. The number of nitrogens with zero attached hydrogens (tertiary/aromatic N) is 1. The molecule has 2 N–H and O–H groups in total. The number of phenols is 1.